The Morgan fingerprint density at radius 2 is 1.74 bits per heavy atom. The van der Waals surface area contributed by atoms with Gasteiger partial charge in [-0.25, -0.2) is 0 Å². The number of fused-ring (bicyclic) bond motifs is 1. The average Bonchev–Trinajstić information content (AvgIpc) is 2.37. The van der Waals surface area contributed by atoms with Crippen LogP contribution >= 0.6 is 23.3 Å². The Balaban J connectivity index is 2.14. The van der Waals surface area contributed by atoms with Gasteiger partial charge in [0.1, 0.15) is 7.86 Å². The molecular weight excluding hydrogens is 313 g/mol. The zero-order chi connectivity index (χ0) is 13.3. The molecule has 0 aliphatic carbocycles. The molecule has 104 valence electrons. The fraction of sp³-hybridized carbons (Fsp3) is 0.333. The van der Waals surface area contributed by atoms with E-state index in [4.69, 9.17) is 9.05 Å². The van der Waals surface area contributed by atoms with E-state index in [1.54, 1.807) is 24.3 Å². The van der Waals surface area contributed by atoms with Gasteiger partial charge in [0.15, 0.2) is 0 Å². The highest BCUT2D eigenvalue weighted by molar-refractivity contribution is 7.77. The Labute approximate surface area is 110 Å². The van der Waals surface area contributed by atoms with E-state index >= 15 is 0 Å². The summed E-state index contributed by atoms with van der Waals surface area (Å²) in [6, 6.07) is 8.91. The van der Waals surface area contributed by atoms with Crippen LogP contribution in [0.4, 0.5) is 8.39 Å². The van der Waals surface area contributed by atoms with Crippen LogP contribution < -0.4 is 5.30 Å². The summed E-state index contributed by atoms with van der Waals surface area (Å²) in [7, 11) is -9.92. The zero-order valence-electron chi connectivity index (χ0n) is 9.82. The highest BCUT2D eigenvalue weighted by atomic mass is 31.3. The van der Waals surface area contributed by atoms with Crippen LogP contribution in [0.3, 0.4) is 0 Å². The van der Waals surface area contributed by atoms with Gasteiger partial charge in [-0.15, -0.1) is 4.52 Å². The lowest BCUT2D eigenvalue weighted by Crippen LogP contribution is -2.02. The van der Waals surface area contributed by atoms with Gasteiger partial charge in [-0.3, -0.25) is 0 Å². The van der Waals surface area contributed by atoms with Gasteiger partial charge >= 0.3 is 15.5 Å². The third-order valence-electron chi connectivity index (χ3n) is 2.49. The fourth-order valence-electron chi connectivity index (χ4n) is 1.66. The second-order valence-corrected chi connectivity index (χ2v) is 9.89. The first kappa shape index (κ1) is 13.7. The molecule has 3 atom stereocenters. The Morgan fingerprint density at radius 1 is 1.05 bits per heavy atom. The van der Waals surface area contributed by atoms with E-state index in [-0.39, 0.29) is 13.2 Å². The van der Waals surface area contributed by atoms with Crippen LogP contribution in [-0.2, 0) is 9.05 Å². The number of rotatable bonds is 1. The van der Waals surface area contributed by atoms with Gasteiger partial charge in [0, 0.05) is 5.30 Å². The van der Waals surface area contributed by atoms with E-state index in [2.05, 4.69) is 13.5 Å². The normalized spacial score (nSPS) is 38.1. The maximum atomic E-state index is 14.5. The van der Waals surface area contributed by atoms with Gasteiger partial charge in [-0.05, 0) is 6.42 Å². The highest BCUT2D eigenvalue weighted by Gasteiger charge is 2.35. The van der Waals surface area contributed by atoms with Crippen LogP contribution in [0.2, 0.25) is 0 Å². The van der Waals surface area contributed by atoms with E-state index in [1.165, 1.54) is 0 Å². The Bertz CT molecular complexity index is 623. The molecule has 2 aliphatic heterocycles. The van der Waals surface area contributed by atoms with Crippen LogP contribution in [0.1, 0.15) is 6.42 Å². The molecule has 0 N–H and O–H groups in total. The summed E-state index contributed by atoms with van der Waals surface area (Å²) >= 11 is 0. The molecule has 0 radical (unpaired) electrons. The minimum absolute atomic E-state index is 0.140. The predicted octanol–water partition coefficient (Wildman–Crippen LogP) is 4.91. The summed E-state index contributed by atoms with van der Waals surface area (Å²) in [5.74, 6) is 0. The summed E-state index contributed by atoms with van der Waals surface area (Å²) in [6.07, 6.45) is 0.422. The molecule has 3 rings (SSSR count). The van der Waals surface area contributed by atoms with Crippen molar-refractivity contribution in [1.29, 1.82) is 0 Å². The van der Waals surface area contributed by atoms with Crippen molar-refractivity contribution in [2.24, 2.45) is 13.5 Å². The van der Waals surface area contributed by atoms with Crippen molar-refractivity contribution in [2.75, 3.05) is 13.2 Å². The Hall–Kier alpha value is -0.310. The molecule has 5 nitrogen and oxygen atoms in total. The molecule has 0 saturated heterocycles. The SMILES string of the molecule is F[P@]12=N[PH](c3ccccc3)=N[P@](F)(=N1)OCCCO2. The standard InChI is InChI=1S/C9H12F2N3O2P3/c10-18-12-17(9-5-2-1-3-6-9)13-19(11,14-18)16-8-4-7-15-18/h1-3,5-6,17H,4,7-8H2/t18-,19+. The molecule has 1 unspecified atom stereocenters. The van der Waals surface area contributed by atoms with Crippen molar-refractivity contribution >= 4 is 28.7 Å². The van der Waals surface area contributed by atoms with E-state index in [0.29, 0.717) is 11.7 Å². The summed E-state index contributed by atoms with van der Waals surface area (Å²) < 4.78 is 50.3. The minimum atomic E-state index is -3.92. The predicted molar refractivity (Wildman–Crippen MR) is 74.3 cm³/mol. The summed E-state index contributed by atoms with van der Waals surface area (Å²) in [6.45, 7) is 0.280. The van der Waals surface area contributed by atoms with Gasteiger partial charge in [0.25, 0.3) is 0 Å². The molecule has 1 aromatic rings. The first-order valence-electron chi connectivity index (χ1n) is 5.69. The van der Waals surface area contributed by atoms with Gasteiger partial charge in [0.2, 0.25) is 0 Å². The van der Waals surface area contributed by atoms with Crippen LogP contribution in [0.25, 0.3) is 0 Å². The number of hydrogen-bond donors (Lipinski definition) is 0. The quantitative estimate of drug-likeness (QED) is 0.689. The highest BCUT2D eigenvalue weighted by Crippen LogP contribution is 2.75. The molecule has 0 spiro atoms. The fourth-order valence-corrected chi connectivity index (χ4v) is 9.19. The minimum Gasteiger partial charge on any atom is -0.303 e. The van der Waals surface area contributed by atoms with Crippen LogP contribution in [0.5, 0.6) is 0 Å². The number of benzene rings is 1. The summed E-state index contributed by atoms with van der Waals surface area (Å²) in [4.78, 5) is 0. The van der Waals surface area contributed by atoms with Crippen LogP contribution in [0, 0.1) is 0 Å². The van der Waals surface area contributed by atoms with Gasteiger partial charge in [-0.2, -0.15) is 17.4 Å². The summed E-state index contributed by atoms with van der Waals surface area (Å²) in [5.41, 5.74) is 0. The first-order chi connectivity index (χ1) is 9.09. The monoisotopic (exact) mass is 325 g/mol. The molecule has 0 saturated carbocycles. The zero-order valence-corrected chi connectivity index (χ0v) is 12.6. The molecule has 0 fully saturated rings. The van der Waals surface area contributed by atoms with Crippen molar-refractivity contribution < 1.29 is 17.4 Å². The van der Waals surface area contributed by atoms with Gasteiger partial charge in [-0.1, -0.05) is 30.3 Å². The maximum Gasteiger partial charge on any atom is 0.383 e. The lowest BCUT2D eigenvalue weighted by molar-refractivity contribution is 0.246. The molecule has 2 bridgehead atoms. The van der Waals surface area contributed by atoms with Crippen molar-refractivity contribution in [3.63, 3.8) is 0 Å². The smallest absolute Gasteiger partial charge is 0.303 e. The van der Waals surface area contributed by atoms with E-state index in [9.17, 15) is 8.39 Å². The second-order valence-electron chi connectivity index (χ2n) is 3.94. The van der Waals surface area contributed by atoms with Crippen molar-refractivity contribution in [3.05, 3.63) is 30.3 Å². The molecule has 2 heterocycles. The second kappa shape index (κ2) is 5.23. The summed E-state index contributed by atoms with van der Waals surface area (Å²) in [5, 5.41) is 0.708. The number of halogens is 2. The maximum absolute atomic E-state index is 14.5. The third-order valence-corrected chi connectivity index (χ3v) is 9.61. The number of hydrogen-bond acceptors (Lipinski definition) is 5. The van der Waals surface area contributed by atoms with Crippen LogP contribution in [0.15, 0.2) is 43.9 Å². The average molecular weight is 325 g/mol. The molecule has 2 aliphatic rings. The molecular formula is C9H12F2N3O2P3. The van der Waals surface area contributed by atoms with E-state index < -0.39 is 23.3 Å². The van der Waals surface area contributed by atoms with Gasteiger partial charge < -0.3 is 9.05 Å². The molecule has 10 heteroatoms. The van der Waals surface area contributed by atoms with Crippen molar-refractivity contribution in [3.8, 4) is 0 Å². The molecule has 19 heavy (non-hydrogen) atoms. The lowest BCUT2D eigenvalue weighted by Gasteiger charge is -2.23. The first-order valence-corrected chi connectivity index (χ1v) is 10.1. The van der Waals surface area contributed by atoms with Gasteiger partial charge in [0.05, 0.1) is 13.2 Å². The van der Waals surface area contributed by atoms with E-state index in [0.717, 1.165) is 0 Å². The topological polar surface area (TPSA) is 55.5 Å². The Morgan fingerprint density at radius 3 is 2.47 bits per heavy atom. The lowest BCUT2D eigenvalue weighted by atomic mass is 10.4. The molecule has 1 aromatic carbocycles. The number of nitrogens with zero attached hydrogens (tertiary/aromatic N) is 3. The van der Waals surface area contributed by atoms with Crippen molar-refractivity contribution in [2.45, 2.75) is 6.42 Å². The van der Waals surface area contributed by atoms with Crippen molar-refractivity contribution in [1.82, 2.24) is 0 Å². The van der Waals surface area contributed by atoms with E-state index in [1.807, 2.05) is 6.07 Å². The Kier molecular flexibility index (Phi) is 3.76. The third kappa shape index (κ3) is 3.07. The molecule has 0 amide bonds. The van der Waals surface area contributed by atoms with Crippen LogP contribution in [-0.4, -0.2) is 13.2 Å². The largest absolute Gasteiger partial charge is 0.383 e. The molecule has 0 aromatic heterocycles.